The van der Waals surface area contributed by atoms with Crippen molar-refractivity contribution < 1.29 is 0 Å². The first-order chi connectivity index (χ1) is 1.00. The molecule has 0 N–H and O–H groups in total. The molecule has 4 heteroatoms. The fourth-order valence-electron chi connectivity index (χ4n) is 0. The molecule has 0 nitrogen and oxygen atoms in total. The fraction of sp³-hybridized carbons (Fsp3) is 1.00. The maximum absolute atomic E-state index is 2.00. The van der Waals surface area contributed by atoms with Crippen molar-refractivity contribution in [2.24, 2.45) is 0 Å². The Morgan fingerprint density at radius 3 is 0.800 bits per heavy atom. The second kappa shape index (κ2) is 37.8. The van der Waals surface area contributed by atoms with E-state index in [0.717, 1.165) is 0 Å². The molecule has 0 aliphatic heterocycles. The van der Waals surface area contributed by atoms with Crippen LogP contribution in [0.15, 0.2) is 0 Å². The van der Waals surface area contributed by atoms with Crippen molar-refractivity contribution in [2.75, 3.05) is 0 Å². The molecule has 0 saturated heterocycles. The van der Waals surface area contributed by atoms with Gasteiger partial charge in [-0.25, -0.2) is 0 Å². The molecule has 0 aromatic carbocycles. The van der Waals surface area contributed by atoms with Crippen LogP contribution < -0.4 is 0 Å². The normalized spacial score (nSPS) is 1.20. The summed E-state index contributed by atoms with van der Waals surface area (Å²) < 4.78 is 0. The zero-order chi connectivity index (χ0) is 2.00. The predicted molar refractivity (Wildman–Crippen MR) is 42.6 cm³/mol. The zero-order valence-electron chi connectivity index (χ0n) is 2.72. The van der Waals surface area contributed by atoms with Gasteiger partial charge >= 0.3 is 22.3 Å². The van der Waals surface area contributed by atoms with E-state index in [0.29, 0.717) is 0 Å². The molecule has 0 spiro atoms. The summed E-state index contributed by atoms with van der Waals surface area (Å²) in [6, 6.07) is 0. The Kier molecular flexibility index (Phi) is 212. The summed E-state index contributed by atoms with van der Waals surface area (Å²) in [5.41, 5.74) is 0. The van der Waals surface area contributed by atoms with Crippen molar-refractivity contribution >= 4 is 67.5 Å². The van der Waals surface area contributed by atoms with E-state index in [1.807, 2.05) is 22.3 Å². The van der Waals surface area contributed by atoms with Crippen LogP contribution in [0.4, 0.5) is 0 Å². The maximum atomic E-state index is 2.00. The Morgan fingerprint density at radius 1 is 0.800 bits per heavy atom. The summed E-state index contributed by atoms with van der Waals surface area (Å²) in [7, 11) is 0. The molecule has 0 fully saturated rings. The second-order valence-electron chi connectivity index (χ2n) is 0. The molecule has 0 saturated carbocycles. The quantitative estimate of drug-likeness (QED) is 0.596. The van der Waals surface area contributed by atoms with Crippen LogP contribution in [0.5, 0.6) is 0 Å². The Labute approximate surface area is 72.6 Å². The SMILES string of the molecule is Br.Br.Br.[CH3][Ge]. The molecular formula is CH6Br3Ge. The van der Waals surface area contributed by atoms with Crippen LogP contribution in [0.2, 0.25) is 5.76 Å². The first-order valence-corrected chi connectivity index (χ1v) is 2.60. The van der Waals surface area contributed by atoms with Gasteiger partial charge in [0, 0.05) is 0 Å². The molecule has 35 valence electrons. The number of hydrogen-bond acceptors (Lipinski definition) is 0. The second-order valence-corrected chi connectivity index (χ2v) is 0. The van der Waals surface area contributed by atoms with E-state index in [1.165, 1.54) is 0 Å². The van der Waals surface area contributed by atoms with Crippen molar-refractivity contribution in [3.63, 3.8) is 0 Å². The predicted octanol–water partition coefficient (Wildman–Crippen LogP) is 1.94. The zero-order valence-corrected chi connectivity index (χ0v) is 9.96. The summed E-state index contributed by atoms with van der Waals surface area (Å²) in [5.74, 6) is 2.00. The average molecular weight is 330 g/mol. The monoisotopic (exact) mass is 329 g/mol. The Balaban J connectivity index is -0.00000000167. The standard InChI is InChI=1S/CH3Ge.3BrH/c1-2;;;/h1H3;3*1H. The van der Waals surface area contributed by atoms with Crippen LogP contribution in [-0.2, 0) is 0 Å². The Hall–Kier alpha value is 1.98. The van der Waals surface area contributed by atoms with Gasteiger partial charge in [-0.1, -0.05) is 0 Å². The van der Waals surface area contributed by atoms with Gasteiger partial charge in [0.1, 0.15) is 0 Å². The van der Waals surface area contributed by atoms with Gasteiger partial charge in [0.2, 0.25) is 0 Å². The third-order valence-corrected chi connectivity index (χ3v) is 0. The first kappa shape index (κ1) is 28.1. The number of rotatable bonds is 0. The number of hydrogen-bond donors (Lipinski definition) is 0. The molecule has 0 aromatic heterocycles. The molecule has 0 amide bonds. The van der Waals surface area contributed by atoms with E-state index in [2.05, 4.69) is 0 Å². The van der Waals surface area contributed by atoms with Crippen molar-refractivity contribution in [3.05, 3.63) is 0 Å². The van der Waals surface area contributed by atoms with Crippen LogP contribution >= 0.6 is 50.9 Å². The van der Waals surface area contributed by atoms with Crippen molar-refractivity contribution in [2.45, 2.75) is 5.76 Å². The van der Waals surface area contributed by atoms with Crippen LogP contribution in [0.3, 0.4) is 0 Å². The van der Waals surface area contributed by atoms with Gasteiger partial charge in [0.25, 0.3) is 0 Å². The van der Waals surface area contributed by atoms with Crippen LogP contribution in [0.25, 0.3) is 0 Å². The van der Waals surface area contributed by atoms with E-state index >= 15 is 0 Å². The molecule has 0 atom stereocenters. The number of halogens is 3. The topological polar surface area (TPSA) is 0 Å². The molecule has 3 radical (unpaired) electrons. The minimum atomic E-state index is 0. The van der Waals surface area contributed by atoms with Gasteiger partial charge < -0.3 is 0 Å². The van der Waals surface area contributed by atoms with Crippen LogP contribution in [0.1, 0.15) is 0 Å². The van der Waals surface area contributed by atoms with Gasteiger partial charge in [-0.05, 0) is 0 Å². The molecule has 5 heavy (non-hydrogen) atoms. The summed E-state index contributed by atoms with van der Waals surface area (Å²) in [4.78, 5) is 0. The fourth-order valence-corrected chi connectivity index (χ4v) is 0. The molecule has 0 unspecified atom stereocenters. The van der Waals surface area contributed by atoms with E-state index in [1.54, 1.807) is 0 Å². The van der Waals surface area contributed by atoms with Gasteiger partial charge in [0.15, 0.2) is 0 Å². The molecule has 0 bridgehead atoms. The van der Waals surface area contributed by atoms with Crippen molar-refractivity contribution in [1.29, 1.82) is 0 Å². The van der Waals surface area contributed by atoms with E-state index in [4.69, 9.17) is 0 Å². The molecule has 0 aliphatic rings. The van der Waals surface area contributed by atoms with Crippen molar-refractivity contribution in [3.8, 4) is 0 Å². The van der Waals surface area contributed by atoms with E-state index < -0.39 is 0 Å². The van der Waals surface area contributed by atoms with Crippen LogP contribution in [-0.4, -0.2) is 16.5 Å². The molecule has 0 aromatic rings. The Bertz CT molecular complexity index is 6.85. The molecular weight excluding hydrogens is 324 g/mol. The van der Waals surface area contributed by atoms with Gasteiger partial charge in [-0.15, -0.1) is 50.9 Å². The summed E-state index contributed by atoms with van der Waals surface area (Å²) >= 11 is 2.00. The van der Waals surface area contributed by atoms with Crippen molar-refractivity contribution in [1.82, 2.24) is 0 Å². The van der Waals surface area contributed by atoms with Gasteiger partial charge in [-0.3, -0.25) is 0 Å². The minimum absolute atomic E-state index is 0. The Morgan fingerprint density at radius 2 is 0.800 bits per heavy atom. The summed E-state index contributed by atoms with van der Waals surface area (Å²) in [5, 5.41) is 0. The average Bonchev–Trinajstić information content (AvgIpc) is 1.00. The first-order valence-electron chi connectivity index (χ1n) is 0.500. The van der Waals surface area contributed by atoms with Gasteiger partial charge in [-0.2, -0.15) is 0 Å². The summed E-state index contributed by atoms with van der Waals surface area (Å²) in [6.45, 7) is 0. The third-order valence-electron chi connectivity index (χ3n) is 0. The third kappa shape index (κ3) is 24.1. The molecule has 0 rings (SSSR count). The van der Waals surface area contributed by atoms with Gasteiger partial charge in [0.05, 0.1) is 0 Å². The summed E-state index contributed by atoms with van der Waals surface area (Å²) in [6.07, 6.45) is 0. The molecule has 0 aliphatic carbocycles. The van der Waals surface area contributed by atoms with E-state index in [-0.39, 0.29) is 50.9 Å². The molecule has 0 heterocycles. The van der Waals surface area contributed by atoms with Crippen LogP contribution in [0, 0.1) is 0 Å². The van der Waals surface area contributed by atoms with E-state index in [9.17, 15) is 0 Å².